The Labute approximate surface area is 132 Å². The van der Waals surface area contributed by atoms with Crippen molar-refractivity contribution in [2.45, 2.75) is 26.2 Å². The maximum atomic E-state index is 2.35. The molecule has 0 spiro atoms. The van der Waals surface area contributed by atoms with E-state index in [4.69, 9.17) is 0 Å². The molecular formula is C22H20. The van der Waals surface area contributed by atoms with Crippen LogP contribution in [0.15, 0.2) is 66.7 Å². The van der Waals surface area contributed by atoms with Crippen molar-refractivity contribution < 1.29 is 0 Å². The number of aryl methyl sites for hydroxylation is 1. The smallest absolute Gasteiger partial charge is 0.0165 e. The van der Waals surface area contributed by atoms with Crippen LogP contribution < -0.4 is 0 Å². The highest BCUT2D eigenvalue weighted by atomic mass is 14.4. The third-order valence-electron chi connectivity index (χ3n) is 4.99. The first-order valence-corrected chi connectivity index (χ1v) is 7.90. The molecule has 0 fully saturated rings. The molecule has 0 radical (unpaired) electrons. The third kappa shape index (κ3) is 1.70. The van der Waals surface area contributed by atoms with E-state index >= 15 is 0 Å². The van der Waals surface area contributed by atoms with Crippen molar-refractivity contribution in [1.82, 2.24) is 0 Å². The molecule has 0 N–H and O–H groups in total. The molecule has 0 saturated heterocycles. The monoisotopic (exact) mass is 284 g/mol. The summed E-state index contributed by atoms with van der Waals surface area (Å²) in [5, 5.41) is 0. The molecule has 0 atom stereocenters. The first kappa shape index (κ1) is 13.3. The maximum Gasteiger partial charge on any atom is 0.0165 e. The van der Waals surface area contributed by atoms with Crippen LogP contribution in [0.4, 0.5) is 0 Å². The average molecular weight is 284 g/mol. The Kier molecular flexibility index (Phi) is 2.77. The summed E-state index contributed by atoms with van der Waals surface area (Å²) >= 11 is 0. The van der Waals surface area contributed by atoms with Crippen molar-refractivity contribution in [1.29, 1.82) is 0 Å². The Balaban J connectivity index is 2.08. The summed E-state index contributed by atoms with van der Waals surface area (Å²) < 4.78 is 0. The zero-order chi connectivity index (χ0) is 15.3. The normalized spacial score (nSPS) is 14.5. The molecule has 0 saturated carbocycles. The van der Waals surface area contributed by atoms with Gasteiger partial charge in [0.05, 0.1) is 0 Å². The summed E-state index contributed by atoms with van der Waals surface area (Å²) in [5.41, 5.74) is 9.82. The van der Waals surface area contributed by atoms with Gasteiger partial charge < -0.3 is 0 Å². The highest BCUT2D eigenvalue weighted by molar-refractivity contribution is 5.89. The van der Waals surface area contributed by atoms with E-state index < -0.39 is 0 Å². The molecule has 0 bridgehead atoms. The highest BCUT2D eigenvalue weighted by Gasteiger charge is 2.37. The Morgan fingerprint density at radius 3 is 2.14 bits per heavy atom. The molecule has 0 unspecified atom stereocenters. The number of fused-ring (bicyclic) bond motifs is 3. The van der Waals surface area contributed by atoms with E-state index in [1.54, 1.807) is 0 Å². The highest BCUT2D eigenvalue weighted by Crippen LogP contribution is 2.52. The fourth-order valence-electron chi connectivity index (χ4n) is 3.97. The lowest BCUT2D eigenvalue weighted by atomic mass is 9.79. The van der Waals surface area contributed by atoms with Crippen LogP contribution >= 0.6 is 0 Å². The summed E-state index contributed by atoms with van der Waals surface area (Å²) in [7, 11) is 0. The zero-order valence-corrected chi connectivity index (χ0v) is 13.4. The topological polar surface area (TPSA) is 0 Å². The molecule has 4 rings (SSSR count). The van der Waals surface area contributed by atoms with Gasteiger partial charge >= 0.3 is 0 Å². The molecule has 1 aliphatic rings. The summed E-state index contributed by atoms with van der Waals surface area (Å²) in [4.78, 5) is 0. The summed E-state index contributed by atoms with van der Waals surface area (Å²) in [6, 6.07) is 24.2. The fraction of sp³-hybridized carbons (Fsp3) is 0.182. The van der Waals surface area contributed by atoms with Crippen molar-refractivity contribution in [3.05, 3.63) is 83.4 Å². The second kappa shape index (κ2) is 4.58. The van der Waals surface area contributed by atoms with E-state index in [9.17, 15) is 0 Å². The van der Waals surface area contributed by atoms with E-state index in [1.807, 2.05) is 0 Å². The lowest BCUT2D eigenvalue weighted by Gasteiger charge is -2.24. The summed E-state index contributed by atoms with van der Waals surface area (Å²) in [5.74, 6) is 0. The van der Waals surface area contributed by atoms with Gasteiger partial charge in [-0.05, 0) is 45.9 Å². The van der Waals surface area contributed by atoms with Crippen molar-refractivity contribution in [3.8, 4) is 22.3 Å². The van der Waals surface area contributed by atoms with Crippen molar-refractivity contribution in [3.63, 3.8) is 0 Å². The van der Waals surface area contributed by atoms with Gasteiger partial charge in [-0.15, -0.1) is 0 Å². The van der Waals surface area contributed by atoms with Crippen LogP contribution in [0, 0.1) is 6.92 Å². The number of rotatable bonds is 1. The molecule has 1 aliphatic carbocycles. The van der Waals surface area contributed by atoms with Gasteiger partial charge in [0, 0.05) is 5.41 Å². The Bertz CT molecular complexity index is 854. The van der Waals surface area contributed by atoms with Crippen molar-refractivity contribution in [2.24, 2.45) is 0 Å². The van der Waals surface area contributed by atoms with E-state index in [-0.39, 0.29) is 5.41 Å². The second-order valence-electron chi connectivity index (χ2n) is 6.72. The molecule has 0 heterocycles. The molecule has 0 aromatic heterocycles. The quantitative estimate of drug-likeness (QED) is 0.516. The van der Waals surface area contributed by atoms with Crippen LogP contribution in [0.3, 0.4) is 0 Å². The third-order valence-corrected chi connectivity index (χ3v) is 4.99. The van der Waals surface area contributed by atoms with Gasteiger partial charge in [-0.3, -0.25) is 0 Å². The number of hydrogen-bond acceptors (Lipinski definition) is 0. The van der Waals surface area contributed by atoms with Crippen LogP contribution in [-0.4, -0.2) is 0 Å². The minimum absolute atomic E-state index is 0.0448. The van der Waals surface area contributed by atoms with Crippen LogP contribution in [0.2, 0.25) is 0 Å². The standard InChI is InChI=1S/C22H20/c1-15-9-7-14-19-20(15)18-13-8-12-17(21(18)22(19,2)3)16-10-5-4-6-11-16/h4-14H,1-3H3. The Morgan fingerprint density at radius 2 is 1.36 bits per heavy atom. The first-order chi connectivity index (χ1) is 10.6. The van der Waals surface area contributed by atoms with Crippen LogP contribution in [0.25, 0.3) is 22.3 Å². The van der Waals surface area contributed by atoms with Crippen LogP contribution in [-0.2, 0) is 5.41 Å². The van der Waals surface area contributed by atoms with Gasteiger partial charge in [0.1, 0.15) is 0 Å². The molecule has 108 valence electrons. The molecular weight excluding hydrogens is 264 g/mol. The van der Waals surface area contributed by atoms with Gasteiger partial charge in [0.2, 0.25) is 0 Å². The maximum absolute atomic E-state index is 2.35. The van der Waals surface area contributed by atoms with E-state index in [2.05, 4.69) is 87.5 Å². The minimum Gasteiger partial charge on any atom is -0.0622 e. The number of hydrogen-bond donors (Lipinski definition) is 0. The van der Waals surface area contributed by atoms with Crippen molar-refractivity contribution in [2.75, 3.05) is 0 Å². The first-order valence-electron chi connectivity index (χ1n) is 7.90. The molecule has 0 amide bonds. The second-order valence-corrected chi connectivity index (χ2v) is 6.72. The fourth-order valence-corrected chi connectivity index (χ4v) is 3.97. The number of benzene rings is 3. The van der Waals surface area contributed by atoms with Crippen LogP contribution in [0.1, 0.15) is 30.5 Å². The molecule has 0 nitrogen and oxygen atoms in total. The van der Waals surface area contributed by atoms with Crippen LogP contribution in [0.5, 0.6) is 0 Å². The lowest BCUT2D eigenvalue weighted by Crippen LogP contribution is -2.16. The van der Waals surface area contributed by atoms with E-state index in [0.29, 0.717) is 0 Å². The molecule has 0 heteroatoms. The molecule has 0 aliphatic heterocycles. The predicted octanol–water partition coefficient (Wildman–Crippen LogP) is 5.97. The Morgan fingerprint density at radius 1 is 0.682 bits per heavy atom. The van der Waals surface area contributed by atoms with Gasteiger partial charge in [0.25, 0.3) is 0 Å². The lowest BCUT2D eigenvalue weighted by molar-refractivity contribution is 0.662. The van der Waals surface area contributed by atoms with Crippen molar-refractivity contribution >= 4 is 0 Å². The van der Waals surface area contributed by atoms with Gasteiger partial charge in [-0.25, -0.2) is 0 Å². The average Bonchev–Trinajstić information content (AvgIpc) is 2.78. The predicted molar refractivity (Wildman–Crippen MR) is 94.2 cm³/mol. The molecule has 3 aromatic rings. The minimum atomic E-state index is 0.0448. The zero-order valence-electron chi connectivity index (χ0n) is 13.4. The summed E-state index contributed by atoms with van der Waals surface area (Å²) in [6.07, 6.45) is 0. The van der Waals surface area contributed by atoms with Gasteiger partial charge in [0.15, 0.2) is 0 Å². The van der Waals surface area contributed by atoms with E-state index in [1.165, 1.54) is 38.9 Å². The SMILES string of the molecule is Cc1cccc2c1-c1cccc(-c3ccccc3)c1C2(C)C. The van der Waals surface area contributed by atoms with E-state index in [0.717, 1.165) is 0 Å². The molecule has 22 heavy (non-hydrogen) atoms. The molecule has 3 aromatic carbocycles. The summed E-state index contributed by atoms with van der Waals surface area (Å²) in [6.45, 7) is 6.92. The van der Waals surface area contributed by atoms with Gasteiger partial charge in [-0.2, -0.15) is 0 Å². The largest absolute Gasteiger partial charge is 0.0622 e. The van der Waals surface area contributed by atoms with Gasteiger partial charge in [-0.1, -0.05) is 80.6 Å². The Hall–Kier alpha value is -2.34.